The van der Waals surface area contributed by atoms with Gasteiger partial charge in [0.2, 0.25) is 0 Å². The molecule has 2 aromatic rings. The van der Waals surface area contributed by atoms with E-state index in [4.69, 9.17) is 5.73 Å². The number of carbonyl (C=O) groups is 1. The van der Waals surface area contributed by atoms with E-state index in [1.165, 1.54) is 0 Å². The van der Waals surface area contributed by atoms with Gasteiger partial charge in [0.25, 0.3) is 5.91 Å². The first kappa shape index (κ1) is 19.4. The molecule has 1 aromatic heterocycles. The molecule has 0 radical (unpaired) electrons. The molecular weight excluding hydrogens is 357 g/mol. The van der Waals surface area contributed by atoms with Gasteiger partial charge >= 0.3 is 6.18 Å². The van der Waals surface area contributed by atoms with E-state index in [9.17, 15) is 23.1 Å². The van der Waals surface area contributed by atoms with Crippen molar-refractivity contribution in [1.29, 1.82) is 0 Å². The monoisotopic (exact) mass is 378 g/mol. The molecule has 1 aromatic carbocycles. The van der Waals surface area contributed by atoms with E-state index in [0.29, 0.717) is 23.0 Å². The summed E-state index contributed by atoms with van der Waals surface area (Å²) in [4.78, 5) is 16.4. The van der Waals surface area contributed by atoms with Crippen molar-refractivity contribution in [2.45, 2.75) is 38.3 Å². The maximum Gasteiger partial charge on any atom is 0.392 e. The molecule has 1 unspecified atom stereocenters. The third-order valence-electron chi connectivity index (χ3n) is 5.10. The normalized spacial score (nSPS) is 19.0. The van der Waals surface area contributed by atoms with Crippen molar-refractivity contribution in [2.24, 2.45) is 11.7 Å². The lowest BCUT2D eigenvalue weighted by Gasteiger charge is -2.25. The summed E-state index contributed by atoms with van der Waals surface area (Å²) < 4.78 is 38.7. The van der Waals surface area contributed by atoms with Crippen LogP contribution in [-0.2, 0) is 0 Å². The van der Waals surface area contributed by atoms with Gasteiger partial charge in [-0.15, -0.1) is 0 Å². The van der Waals surface area contributed by atoms with Gasteiger partial charge in [-0.3, -0.25) is 9.78 Å². The number of para-hydroxylation sites is 1. The molecule has 7 heteroatoms. The summed E-state index contributed by atoms with van der Waals surface area (Å²) >= 11 is 0. The van der Waals surface area contributed by atoms with Crippen molar-refractivity contribution >= 4 is 22.4 Å². The van der Waals surface area contributed by atoms with Crippen LogP contribution in [0.25, 0.3) is 16.5 Å². The number of amides is 1. The standard InChI is InChI=1S/C20H21F3N2O2/c1-11(10-26)17-16(19(24)27)9-13-3-2-4-15(18(13)25-17)12-5-7-14(8-6-12)20(21,22)23/h2-5,9,11,14,26H,6-8,10H2,1H3,(H2,24,27)/t11-,14?/m0/s1. The highest BCUT2D eigenvalue weighted by Gasteiger charge is 2.39. The number of benzene rings is 1. The number of aromatic nitrogens is 1. The number of carbonyl (C=O) groups excluding carboxylic acids is 1. The Balaban J connectivity index is 2.10. The summed E-state index contributed by atoms with van der Waals surface area (Å²) in [5, 5.41) is 10.2. The van der Waals surface area contributed by atoms with Gasteiger partial charge in [0.15, 0.2) is 0 Å². The highest BCUT2D eigenvalue weighted by Crippen LogP contribution is 2.40. The Kier molecular flexibility index (Phi) is 5.24. The highest BCUT2D eigenvalue weighted by molar-refractivity contribution is 6.00. The van der Waals surface area contributed by atoms with Crippen LogP contribution in [0.3, 0.4) is 0 Å². The predicted octanol–water partition coefficient (Wildman–Crippen LogP) is 4.18. The largest absolute Gasteiger partial charge is 0.396 e. The highest BCUT2D eigenvalue weighted by atomic mass is 19.4. The van der Waals surface area contributed by atoms with Crippen LogP contribution in [0.2, 0.25) is 0 Å². The number of nitrogens with two attached hydrogens (primary N) is 1. The molecule has 0 bridgehead atoms. The van der Waals surface area contributed by atoms with E-state index in [1.807, 2.05) is 6.07 Å². The molecule has 2 atom stereocenters. The number of hydrogen-bond acceptors (Lipinski definition) is 3. The van der Waals surface area contributed by atoms with Crippen molar-refractivity contribution in [3.8, 4) is 0 Å². The number of nitrogens with zero attached hydrogens (tertiary/aromatic N) is 1. The number of primary amides is 1. The number of rotatable bonds is 4. The summed E-state index contributed by atoms with van der Waals surface area (Å²) in [7, 11) is 0. The maximum absolute atomic E-state index is 12.9. The van der Waals surface area contributed by atoms with Crippen molar-refractivity contribution in [2.75, 3.05) is 6.61 Å². The van der Waals surface area contributed by atoms with Gasteiger partial charge in [0.05, 0.1) is 29.3 Å². The molecule has 1 aliphatic rings. The Morgan fingerprint density at radius 3 is 2.70 bits per heavy atom. The molecular formula is C20H21F3N2O2. The Morgan fingerprint density at radius 1 is 1.41 bits per heavy atom. The summed E-state index contributed by atoms with van der Waals surface area (Å²) in [6.45, 7) is 1.54. The van der Waals surface area contributed by atoms with Crippen molar-refractivity contribution in [1.82, 2.24) is 4.98 Å². The zero-order valence-corrected chi connectivity index (χ0v) is 14.9. The Labute approximate surface area is 154 Å². The molecule has 1 aliphatic carbocycles. The second kappa shape index (κ2) is 7.31. The minimum atomic E-state index is -4.18. The number of alkyl halides is 3. The van der Waals surface area contributed by atoms with E-state index in [2.05, 4.69) is 4.98 Å². The van der Waals surface area contributed by atoms with Crippen molar-refractivity contribution < 1.29 is 23.1 Å². The summed E-state index contributed by atoms with van der Waals surface area (Å²) in [5.41, 5.74) is 8.29. The fraction of sp³-hybridized carbons (Fsp3) is 0.400. The lowest BCUT2D eigenvalue weighted by Crippen LogP contribution is -2.24. The zero-order chi connectivity index (χ0) is 19.8. The van der Waals surface area contributed by atoms with Crippen LogP contribution in [-0.4, -0.2) is 28.8 Å². The van der Waals surface area contributed by atoms with Gasteiger partial charge in [-0.25, -0.2) is 0 Å². The van der Waals surface area contributed by atoms with Crippen LogP contribution in [0.5, 0.6) is 0 Å². The molecule has 1 heterocycles. The average Bonchev–Trinajstić information content (AvgIpc) is 2.65. The topological polar surface area (TPSA) is 76.2 Å². The molecule has 144 valence electrons. The molecule has 3 rings (SSSR count). The first-order chi connectivity index (χ1) is 12.7. The van der Waals surface area contributed by atoms with E-state index < -0.39 is 18.0 Å². The number of hydrogen-bond donors (Lipinski definition) is 2. The molecule has 3 N–H and O–H groups in total. The van der Waals surface area contributed by atoms with Gasteiger partial charge in [-0.2, -0.15) is 13.2 Å². The minimum Gasteiger partial charge on any atom is -0.396 e. The van der Waals surface area contributed by atoms with Crippen LogP contribution < -0.4 is 5.73 Å². The predicted molar refractivity (Wildman–Crippen MR) is 97.1 cm³/mol. The molecule has 1 amide bonds. The molecule has 0 fully saturated rings. The summed E-state index contributed by atoms with van der Waals surface area (Å²) in [5.74, 6) is -2.33. The fourth-order valence-corrected chi connectivity index (χ4v) is 3.51. The molecule has 4 nitrogen and oxygen atoms in total. The maximum atomic E-state index is 12.9. The first-order valence-electron chi connectivity index (χ1n) is 8.82. The smallest absolute Gasteiger partial charge is 0.392 e. The van der Waals surface area contributed by atoms with Crippen molar-refractivity contribution in [3.05, 3.63) is 47.2 Å². The van der Waals surface area contributed by atoms with E-state index in [0.717, 1.165) is 11.1 Å². The third kappa shape index (κ3) is 3.83. The van der Waals surface area contributed by atoms with E-state index >= 15 is 0 Å². The van der Waals surface area contributed by atoms with Crippen LogP contribution in [0.1, 0.15) is 53.7 Å². The lowest BCUT2D eigenvalue weighted by atomic mass is 9.85. The number of pyridine rings is 1. The number of halogens is 3. The van der Waals surface area contributed by atoms with Gasteiger partial charge in [-0.05, 0) is 30.9 Å². The second-order valence-electron chi connectivity index (χ2n) is 6.99. The lowest BCUT2D eigenvalue weighted by molar-refractivity contribution is -0.175. The van der Waals surface area contributed by atoms with Crippen LogP contribution in [0.4, 0.5) is 13.2 Å². The second-order valence-corrected chi connectivity index (χ2v) is 6.99. The molecule has 27 heavy (non-hydrogen) atoms. The third-order valence-corrected chi connectivity index (χ3v) is 5.10. The number of fused-ring (bicyclic) bond motifs is 1. The number of aliphatic hydroxyl groups is 1. The molecule has 0 saturated carbocycles. The van der Waals surface area contributed by atoms with E-state index in [1.54, 1.807) is 31.2 Å². The summed E-state index contributed by atoms with van der Waals surface area (Å²) in [6, 6.07) is 7.04. The molecule has 0 saturated heterocycles. The zero-order valence-electron chi connectivity index (χ0n) is 14.9. The molecule has 0 spiro atoms. The Bertz CT molecular complexity index is 906. The Morgan fingerprint density at radius 2 is 2.15 bits per heavy atom. The van der Waals surface area contributed by atoms with Gasteiger partial charge < -0.3 is 10.8 Å². The molecule has 0 aliphatic heterocycles. The Hall–Kier alpha value is -2.41. The number of allylic oxidation sites excluding steroid dienone is 2. The fourth-order valence-electron chi connectivity index (χ4n) is 3.51. The van der Waals surface area contributed by atoms with Crippen molar-refractivity contribution in [3.63, 3.8) is 0 Å². The van der Waals surface area contributed by atoms with Crippen LogP contribution in [0, 0.1) is 5.92 Å². The van der Waals surface area contributed by atoms with E-state index in [-0.39, 0.29) is 30.9 Å². The quantitative estimate of drug-likeness (QED) is 0.838. The van der Waals surface area contributed by atoms with Gasteiger partial charge in [0.1, 0.15) is 0 Å². The summed E-state index contributed by atoms with van der Waals surface area (Å²) in [6.07, 6.45) is -2.23. The minimum absolute atomic E-state index is 0.0466. The average molecular weight is 378 g/mol. The van der Waals surface area contributed by atoms with Gasteiger partial charge in [-0.1, -0.05) is 31.2 Å². The van der Waals surface area contributed by atoms with Crippen LogP contribution in [0.15, 0.2) is 30.3 Å². The number of aliphatic hydroxyl groups excluding tert-OH is 1. The first-order valence-corrected chi connectivity index (χ1v) is 8.82. The van der Waals surface area contributed by atoms with Gasteiger partial charge in [0, 0.05) is 16.9 Å². The van der Waals surface area contributed by atoms with Crippen LogP contribution >= 0.6 is 0 Å². The SMILES string of the molecule is C[C@@H](CO)c1nc2c(C3=CCC(C(F)(F)F)CC3)cccc2cc1C(N)=O.